The predicted octanol–water partition coefficient (Wildman–Crippen LogP) is 1.66. The van der Waals surface area contributed by atoms with Crippen LogP contribution in [0.1, 0.15) is 32.6 Å². The molecule has 3 heteroatoms. The normalized spacial score (nSPS) is 32.3. The highest BCUT2D eigenvalue weighted by atomic mass is 16.5. The fourth-order valence-electron chi connectivity index (χ4n) is 1.75. The van der Waals surface area contributed by atoms with Gasteiger partial charge in [0, 0.05) is 0 Å². The van der Waals surface area contributed by atoms with Crippen molar-refractivity contribution in [2.45, 2.75) is 38.7 Å². The molecular weight excluding hydrogens is 180 g/mol. The standard InChI is InChI=1S/C11H18O3/c1-3-8-14-10(13)11(2)6-4-9(12)5-7-11/h3,9,12H,1,4-8H2,2H3/t9-,11+. The molecule has 0 heterocycles. The topological polar surface area (TPSA) is 46.5 Å². The summed E-state index contributed by atoms with van der Waals surface area (Å²) in [6.07, 6.45) is 4.14. The number of rotatable bonds is 3. The summed E-state index contributed by atoms with van der Waals surface area (Å²) in [5.74, 6) is -0.163. The molecule has 0 bridgehead atoms. The highest BCUT2D eigenvalue weighted by Gasteiger charge is 2.38. The number of ether oxygens (including phenoxy) is 1. The zero-order chi connectivity index (χ0) is 10.6. The third kappa shape index (κ3) is 2.58. The van der Waals surface area contributed by atoms with Gasteiger partial charge in [-0.05, 0) is 32.6 Å². The molecule has 1 aliphatic carbocycles. The lowest BCUT2D eigenvalue weighted by Crippen LogP contribution is -2.35. The minimum absolute atomic E-state index is 0.163. The van der Waals surface area contributed by atoms with E-state index in [0.29, 0.717) is 25.7 Å². The van der Waals surface area contributed by atoms with E-state index in [1.54, 1.807) is 6.08 Å². The quantitative estimate of drug-likeness (QED) is 0.554. The molecule has 0 amide bonds. The van der Waals surface area contributed by atoms with Crippen LogP contribution >= 0.6 is 0 Å². The molecule has 0 atom stereocenters. The number of hydrogen-bond acceptors (Lipinski definition) is 3. The van der Waals surface area contributed by atoms with Crippen molar-refractivity contribution in [2.24, 2.45) is 5.41 Å². The summed E-state index contributed by atoms with van der Waals surface area (Å²) in [7, 11) is 0. The monoisotopic (exact) mass is 198 g/mol. The minimum atomic E-state index is -0.401. The maximum absolute atomic E-state index is 11.6. The van der Waals surface area contributed by atoms with Crippen LogP contribution in [0.25, 0.3) is 0 Å². The van der Waals surface area contributed by atoms with Crippen LogP contribution in [-0.4, -0.2) is 23.8 Å². The Bertz CT molecular complexity index is 215. The summed E-state index contributed by atoms with van der Waals surface area (Å²) in [5, 5.41) is 9.33. The van der Waals surface area contributed by atoms with Crippen molar-refractivity contribution in [3.05, 3.63) is 12.7 Å². The Morgan fingerprint density at radius 3 is 2.71 bits per heavy atom. The highest BCUT2D eigenvalue weighted by molar-refractivity contribution is 5.76. The summed E-state index contributed by atoms with van der Waals surface area (Å²) in [5.41, 5.74) is -0.401. The average Bonchev–Trinajstić information content (AvgIpc) is 2.19. The number of aliphatic hydroxyl groups is 1. The van der Waals surface area contributed by atoms with E-state index >= 15 is 0 Å². The van der Waals surface area contributed by atoms with Crippen molar-refractivity contribution >= 4 is 5.97 Å². The number of carbonyl (C=O) groups excluding carboxylic acids is 1. The zero-order valence-corrected chi connectivity index (χ0v) is 8.66. The summed E-state index contributed by atoms with van der Waals surface area (Å²) >= 11 is 0. The van der Waals surface area contributed by atoms with Crippen LogP contribution in [0.3, 0.4) is 0 Å². The molecule has 0 spiro atoms. The molecule has 3 nitrogen and oxygen atoms in total. The van der Waals surface area contributed by atoms with Crippen LogP contribution in [0.4, 0.5) is 0 Å². The first kappa shape index (κ1) is 11.2. The molecule has 14 heavy (non-hydrogen) atoms. The average molecular weight is 198 g/mol. The Balaban J connectivity index is 2.48. The van der Waals surface area contributed by atoms with E-state index in [0.717, 1.165) is 0 Å². The fourth-order valence-corrected chi connectivity index (χ4v) is 1.75. The third-order valence-corrected chi connectivity index (χ3v) is 2.88. The van der Waals surface area contributed by atoms with Gasteiger partial charge < -0.3 is 9.84 Å². The minimum Gasteiger partial charge on any atom is -0.461 e. The summed E-state index contributed by atoms with van der Waals surface area (Å²) in [4.78, 5) is 11.6. The van der Waals surface area contributed by atoms with E-state index in [-0.39, 0.29) is 18.7 Å². The van der Waals surface area contributed by atoms with Gasteiger partial charge in [-0.3, -0.25) is 4.79 Å². The van der Waals surface area contributed by atoms with E-state index in [1.165, 1.54) is 0 Å². The molecular formula is C11H18O3. The van der Waals surface area contributed by atoms with Crippen molar-refractivity contribution in [1.82, 2.24) is 0 Å². The Labute approximate surface area is 84.8 Å². The van der Waals surface area contributed by atoms with E-state index in [1.807, 2.05) is 6.92 Å². The first-order chi connectivity index (χ1) is 6.58. The second kappa shape index (κ2) is 4.60. The Morgan fingerprint density at radius 1 is 1.64 bits per heavy atom. The van der Waals surface area contributed by atoms with Crippen LogP contribution in [0, 0.1) is 5.41 Å². The molecule has 0 radical (unpaired) electrons. The number of aliphatic hydroxyl groups excluding tert-OH is 1. The summed E-state index contributed by atoms with van der Waals surface area (Å²) < 4.78 is 5.03. The van der Waals surface area contributed by atoms with Crippen molar-refractivity contribution in [2.75, 3.05) is 6.61 Å². The molecule has 0 unspecified atom stereocenters. The van der Waals surface area contributed by atoms with Gasteiger partial charge >= 0.3 is 5.97 Å². The fraction of sp³-hybridized carbons (Fsp3) is 0.727. The van der Waals surface area contributed by atoms with Crippen molar-refractivity contribution in [3.8, 4) is 0 Å². The van der Waals surface area contributed by atoms with Gasteiger partial charge in [0.25, 0.3) is 0 Å². The molecule has 0 aromatic carbocycles. The largest absolute Gasteiger partial charge is 0.461 e. The molecule has 1 fully saturated rings. The van der Waals surface area contributed by atoms with E-state index < -0.39 is 5.41 Å². The molecule has 0 aliphatic heterocycles. The van der Waals surface area contributed by atoms with Gasteiger partial charge in [-0.1, -0.05) is 12.7 Å². The van der Waals surface area contributed by atoms with Gasteiger partial charge in [0.05, 0.1) is 11.5 Å². The van der Waals surface area contributed by atoms with Gasteiger partial charge in [0.2, 0.25) is 0 Å². The highest BCUT2D eigenvalue weighted by Crippen LogP contribution is 2.36. The molecule has 1 aliphatic rings. The Morgan fingerprint density at radius 2 is 2.21 bits per heavy atom. The van der Waals surface area contributed by atoms with Crippen molar-refractivity contribution in [3.63, 3.8) is 0 Å². The van der Waals surface area contributed by atoms with Gasteiger partial charge in [-0.25, -0.2) is 0 Å². The molecule has 1 saturated carbocycles. The second-order valence-electron chi connectivity index (χ2n) is 4.18. The number of hydrogen-bond donors (Lipinski definition) is 1. The SMILES string of the molecule is C=CCOC(=O)[C@]1(C)CC[C@H](O)CC1. The van der Waals surface area contributed by atoms with E-state index in [9.17, 15) is 9.90 Å². The number of esters is 1. The molecule has 0 saturated heterocycles. The Hall–Kier alpha value is -0.830. The van der Waals surface area contributed by atoms with Gasteiger partial charge in [-0.2, -0.15) is 0 Å². The van der Waals surface area contributed by atoms with Crippen LogP contribution in [0.5, 0.6) is 0 Å². The summed E-state index contributed by atoms with van der Waals surface area (Å²) in [6, 6.07) is 0. The van der Waals surface area contributed by atoms with Crippen molar-refractivity contribution in [1.29, 1.82) is 0 Å². The Kier molecular flexibility index (Phi) is 3.69. The van der Waals surface area contributed by atoms with Crippen molar-refractivity contribution < 1.29 is 14.6 Å². The maximum Gasteiger partial charge on any atom is 0.312 e. The molecule has 1 rings (SSSR count). The van der Waals surface area contributed by atoms with E-state index in [4.69, 9.17) is 4.74 Å². The second-order valence-corrected chi connectivity index (χ2v) is 4.18. The lowest BCUT2D eigenvalue weighted by Gasteiger charge is -2.33. The van der Waals surface area contributed by atoms with Crippen LogP contribution in [0.15, 0.2) is 12.7 Å². The zero-order valence-electron chi connectivity index (χ0n) is 8.66. The molecule has 80 valence electrons. The first-order valence-corrected chi connectivity index (χ1v) is 5.05. The van der Waals surface area contributed by atoms with Gasteiger partial charge in [0.15, 0.2) is 0 Å². The lowest BCUT2D eigenvalue weighted by atomic mass is 9.75. The smallest absolute Gasteiger partial charge is 0.312 e. The van der Waals surface area contributed by atoms with E-state index in [2.05, 4.69) is 6.58 Å². The molecule has 0 aromatic heterocycles. The molecule has 1 N–H and O–H groups in total. The van der Waals surface area contributed by atoms with Crippen LogP contribution in [0.2, 0.25) is 0 Å². The maximum atomic E-state index is 11.6. The third-order valence-electron chi connectivity index (χ3n) is 2.88. The number of carbonyl (C=O) groups is 1. The van der Waals surface area contributed by atoms with Gasteiger partial charge in [0.1, 0.15) is 6.61 Å². The van der Waals surface area contributed by atoms with Crippen LogP contribution < -0.4 is 0 Å². The predicted molar refractivity (Wildman–Crippen MR) is 53.7 cm³/mol. The summed E-state index contributed by atoms with van der Waals surface area (Å²) in [6.45, 7) is 5.68. The van der Waals surface area contributed by atoms with Crippen LogP contribution in [-0.2, 0) is 9.53 Å². The first-order valence-electron chi connectivity index (χ1n) is 5.05. The lowest BCUT2D eigenvalue weighted by molar-refractivity contribution is -0.156. The van der Waals surface area contributed by atoms with Gasteiger partial charge in [-0.15, -0.1) is 0 Å². The molecule has 0 aromatic rings.